The molecule has 1 fully saturated rings. The van der Waals surface area contributed by atoms with E-state index in [2.05, 4.69) is 4.72 Å². The second-order valence-corrected chi connectivity index (χ2v) is 6.69. The van der Waals surface area contributed by atoms with Crippen molar-refractivity contribution in [3.8, 4) is 0 Å². The molecule has 3 N–H and O–H groups in total. The first-order chi connectivity index (χ1) is 9.00. The van der Waals surface area contributed by atoms with E-state index in [0.29, 0.717) is 11.3 Å². The lowest BCUT2D eigenvalue weighted by Crippen LogP contribution is -2.41. The summed E-state index contributed by atoms with van der Waals surface area (Å²) in [5.41, 5.74) is 6.92. The predicted octanol–water partition coefficient (Wildman–Crippen LogP) is 1.26. The van der Waals surface area contributed by atoms with Gasteiger partial charge in [-0.25, -0.2) is 13.1 Å². The fraction of sp³-hybridized carbons (Fsp3) is 0.538. The van der Waals surface area contributed by atoms with Crippen LogP contribution in [-0.2, 0) is 20.5 Å². The number of hydrogen-bond acceptors (Lipinski definition) is 4. The summed E-state index contributed by atoms with van der Waals surface area (Å²) in [6, 6.07) is 6.82. The summed E-state index contributed by atoms with van der Waals surface area (Å²) in [6.07, 6.45) is 2.70. The van der Waals surface area contributed by atoms with Gasteiger partial charge in [-0.1, -0.05) is 12.1 Å². The van der Waals surface area contributed by atoms with Crippen LogP contribution in [0, 0.1) is 0 Å². The molecule has 1 aromatic rings. The van der Waals surface area contributed by atoms with Crippen LogP contribution in [0.3, 0.4) is 0 Å². The molecule has 1 saturated carbocycles. The molecular formula is C13H20N2O3S. The maximum atomic E-state index is 12.1. The third kappa shape index (κ3) is 3.92. The molecule has 0 spiro atoms. The maximum absolute atomic E-state index is 12.1. The molecule has 106 valence electrons. The summed E-state index contributed by atoms with van der Waals surface area (Å²) in [7, 11) is -1.74. The molecule has 2 atom stereocenters. The van der Waals surface area contributed by atoms with Crippen LogP contribution in [0.25, 0.3) is 0 Å². The van der Waals surface area contributed by atoms with Crippen LogP contribution < -0.4 is 10.5 Å². The Kier molecular flexibility index (Phi) is 4.44. The predicted molar refractivity (Wildman–Crippen MR) is 75.0 cm³/mol. The molecule has 0 aliphatic heterocycles. The van der Waals surface area contributed by atoms with Gasteiger partial charge in [-0.3, -0.25) is 0 Å². The Labute approximate surface area is 114 Å². The van der Waals surface area contributed by atoms with E-state index < -0.39 is 10.0 Å². The summed E-state index contributed by atoms with van der Waals surface area (Å²) in [4.78, 5) is 0. The number of anilines is 1. The highest BCUT2D eigenvalue weighted by molar-refractivity contribution is 7.88. The average molecular weight is 284 g/mol. The number of nitrogen functional groups attached to an aromatic ring is 1. The van der Waals surface area contributed by atoms with E-state index in [4.69, 9.17) is 10.5 Å². The summed E-state index contributed by atoms with van der Waals surface area (Å²) in [5, 5.41) is 0. The number of methoxy groups -OCH3 is 1. The molecule has 1 aliphatic rings. The van der Waals surface area contributed by atoms with Gasteiger partial charge in [-0.05, 0) is 37.0 Å². The van der Waals surface area contributed by atoms with Crippen molar-refractivity contribution in [2.75, 3.05) is 12.8 Å². The Morgan fingerprint density at radius 3 is 2.89 bits per heavy atom. The molecule has 0 bridgehead atoms. The number of benzene rings is 1. The Morgan fingerprint density at radius 2 is 2.21 bits per heavy atom. The fourth-order valence-corrected chi connectivity index (χ4v) is 3.95. The zero-order chi connectivity index (χ0) is 13.9. The van der Waals surface area contributed by atoms with Crippen LogP contribution in [0.2, 0.25) is 0 Å². The molecule has 0 saturated heterocycles. The van der Waals surface area contributed by atoms with Gasteiger partial charge in [0.1, 0.15) is 0 Å². The van der Waals surface area contributed by atoms with Crippen molar-refractivity contribution in [2.24, 2.45) is 0 Å². The lowest BCUT2D eigenvalue weighted by molar-refractivity contribution is 0.0916. The van der Waals surface area contributed by atoms with Crippen LogP contribution in [0.1, 0.15) is 24.8 Å². The smallest absolute Gasteiger partial charge is 0.216 e. The molecule has 19 heavy (non-hydrogen) atoms. The fourth-order valence-electron chi connectivity index (χ4n) is 2.52. The Balaban J connectivity index is 2.02. The summed E-state index contributed by atoms with van der Waals surface area (Å²) < 4.78 is 32.3. The molecular weight excluding hydrogens is 264 g/mol. The molecule has 0 radical (unpaired) electrons. The van der Waals surface area contributed by atoms with E-state index in [1.165, 1.54) is 0 Å². The van der Waals surface area contributed by atoms with Crippen LogP contribution in [0.5, 0.6) is 0 Å². The van der Waals surface area contributed by atoms with Gasteiger partial charge >= 0.3 is 0 Å². The van der Waals surface area contributed by atoms with Crippen LogP contribution in [-0.4, -0.2) is 27.7 Å². The Bertz CT molecular complexity index is 530. The molecule has 0 amide bonds. The quantitative estimate of drug-likeness (QED) is 0.797. The van der Waals surface area contributed by atoms with Crippen molar-refractivity contribution in [2.45, 2.75) is 37.2 Å². The standard InChI is InChI=1S/C13H20N2O3S/c1-18-13-7-3-6-12(13)15-19(16,17)9-10-4-2-5-11(14)8-10/h2,4-5,8,12-13,15H,3,6-7,9,14H2,1H3. The van der Waals surface area contributed by atoms with Crippen molar-refractivity contribution >= 4 is 15.7 Å². The van der Waals surface area contributed by atoms with E-state index >= 15 is 0 Å². The number of hydrogen-bond donors (Lipinski definition) is 2. The molecule has 5 nitrogen and oxygen atoms in total. The number of nitrogens with one attached hydrogen (secondary N) is 1. The highest BCUT2D eigenvalue weighted by Crippen LogP contribution is 2.22. The summed E-state index contributed by atoms with van der Waals surface area (Å²) in [5.74, 6) is -0.0506. The third-order valence-electron chi connectivity index (χ3n) is 3.39. The van der Waals surface area contributed by atoms with E-state index in [9.17, 15) is 8.42 Å². The largest absolute Gasteiger partial charge is 0.399 e. The zero-order valence-electron chi connectivity index (χ0n) is 11.0. The highest BCUT2D eigenvalue weighted by Gasteiger charge is 2.30. The van der Waals surface area contributed by atoms with Crippen LogP contribution >= 0.6 is 0 Å². The number of rotatable bonds is 5. The number of sulfonamides is 1. The summed E-state index contributed by atoms with van der Waals surface area (Å²) >= 11 is 0. The average Bonchev–Trinajstić information content (AvgIpc) is 2.74. The van der Waals surface area contributed by atoms with Gasteiger partial charge in [0.15, 0.2) is 0 Å². The first-order valence-electron chi connectivity index (χ1n) is 6.37. The van der Waals surface area contributed by atoms with E-state index in [1.54, 1.807) is 31.4 Å². The third-order valence-corrected chi connectivity index (χ3v) is 4.77. The minimum absolute atomic E-state index is 0.0179. The van der Waals surface area contributed by atoms with Gasteiger partial charge in [-0.2, -0.15) is 0 Å². The second kappa shape index (κ2) is 5.90. The Hall–Kier alpha value is -1.11. The van der Waals surface area contributed by atoms with Gasteiger partial charge in [0.05, 0.1) is 11.9 Å². The number of ether oxygens (including phenoxy) is 1. The van der Waals surface area contributed by atoms with Crippen molar-refractivity contribution in [1.29, 1.82) is 0 Å². The van der Waals surface area contributed by atoms with Gasteiger partial charge in [-0.15, -0.1) is 0 Å². The van der Waals surface area contributed by atoms with Gasteiger partial charge in [0.2, 0.25) is 10.0 Å². The van der Waals surface area contributed by atoms with E-state index in [-0.39, 0.29) is 17.9 Å². The van der Waals surface area contributed by atoms with Crippen LogP contribution in [0.15, 0.2) is 24.3 Å². The summed E-state index contributed by atoms with van der Waals surface area (Å²) in [6.45, 7) is 0. The lowest BCUT2D eigenvalue weighted by atomic mass is 10.2. The van der Waals surface area contributed by atoms with E-state index in [0.717, 1.165) is 19.3 Å². The van der Waals surface area contributed by atoms with Crippen molar-refractivity contribution < 1.29 is 13.2 Å². The van der Waals surface area contributed by atoms with E-state index in [1.807, 2.05) is 0 Å². The van der Waals surface area contributed by atoms with Gasteiger partial charge in [0.25, 0.3) is 0 Å². The maximum Gasteiger partial charge on any atom is 0.216 e. The van der Waals surface area contributed by atoms with Crippen molar-refractivity contribution in [3.63, 3.8) is 0 Å². The molecule has 0 heterocycles. The van der Waals surface area contributed by atoms with Gasteiger partial charge in [0, 0.05) is 18.8 Å². The SMILES string of the molecule is COC1CCCC1NS(=O)(=O)Cc1cccc(N)c1. The highest BCUT2D eigenvalue weighted by atomic mass is 32.2. The molecule has 6 heteroatoms. The molecule has 1 aromatic carbocycles. The molecule has 0 aromatic heterocycles. The Morgan fingerprint density at radius 1 is 1.42 bits per heavy atom. The first-order valence-corrected chi connectivity index (χ1v) is 8.02. The second-order valence-electron chi connectivity index (χ2n) is 4.93. The van der Waals surface area contributed by atoms with Crippen molar-refractivity contribution in [3.05, 3.63) is 29.8 Å². The minimum Gasteiger partial charge on any atom is -0.399 e. The molecule has 1 aliphatic carbocycles. The lowest BCUT2D eigenvalue weighted by Gasteiger charge is -2.19. The molecule has 2 rings (SSSR count). The van der Waals surface area contributed by atoms with Crippen LogP contribution in [0.4, 0.5) is 5.69 Å². The number of nitrogens with two attached hydrogens (primary N) is 1. The van der Waals surface area contributed by atoms with Crippen molar-refractivity contribution in [1.82, 2.24) is 4.72 Å². The first kappa shape index (κ1) is 14.3. The normalized spacial score (nSPS) is 23.6. The molecule has 2 unspecified atom stereocenters. The topological polar surface area (TPSA) is 81.4 Å². The monoisotopic (exact) mass is 284 g/mol. The van der Waals surface area contributed by atoms with Gasteiger partial charge < -0.3 is 10.5 Å². The zero-order valence-corrected chi connectivity index (χ0v) is 11.8. The minimum atomic E-state index is -3.36.